The molecular formula is C22H24N4O2S. The number of benzene rings is 2. The van der Waals surface area contributed by atoms with Gasteiger partial charge in [-0.3, -0.25) is 9.59 Å². The van der Waals surface area contributed by atoms with Crippen molar-refractivity contribution in [2.24, 2.45) is 10.7 Å². The molecule has 0 spiro atoms. The Hall–Kier alpha value is -3.06. The first kappa shape index (κ1) is 20.7. The van der Waals surface area contributed by atoms with Gasteiger partial charge in [-0.2, -0.15) is 0 Å². The highest BCUT2D eigenvalue weighted by molar-refractivity contribution is 8.14. The summed E-state index contributed by atoms with van der Waals surface area (Å²) in [6, 6.07) is 14.9. The van der Waals surface area contributed by atoms with Crippen molar-refractivity contribution in [3.8, 4) is 0 Å². The van der Waals surface area contributed by atoms with Crippen LogP contribution in [-0.4, -0.2) is 22.7 Å². The number of anilines is 1. The maximum atomic E-state index is 12.4. The Balaban J connectivity index is 1.72. The minimum Gasteiger partial charge on any atom is -0.366 e. The lowest BCUT2D eigenvalue weighted by Gasteiger charge is -2.25. The number of aliphatic imine (C=N–C) groups is 1. The molecule has 1 heterocycles. The first-order chi connectivity index (χ1) is 13.8. The quantitative estimate of drug-likeness (QED) is 0.706. The van der Waals surface area contributed by atoms with Gasteiger partial charge in [-0.1, -0.05) is 59.8 Å². The minimum absolute atomic E-state index is 0.120. The Bertz CT molecular complexity index is 999. The van der Waals surface area contributed by atoms with Crippen molar-refractivity contribution in [2.45, 2.75) is 26.8 Å². The smallest absolute Gasteiger partial charge is 0.248 e. The van der Waals surface area contributed by atoms with Crippen molar-refractivity contribution >= 4 is 34.4 Å². The number of thioether (sulfide) groups is 1. The summed E-state index contributed by atoms with van der Waals surface area (Å²) >= 11 is 1.29. The summed E-state index contributed by atoms with van der Waals surface area (Å²) in [7, 11) is 0. The van der Waals surface area contributed by atoms with E-state index in [0.29, 0.717) is 16.4 Å². The van der Waals surface area contributed by atoms with Gasteiger partial charge in [0.15, 0.2) is 5.17 Å². The maximum Gasteiger partial charge on any atom is 0.248 e. The van der Waals surface area contributed by atoms with Crippen LogP contribution in [0.1, 0.15) is 29.7 Å². The number of carbonyl (C=O) groups excluding carboxylic acids is 2. The molecule has 0 saturated carbocycles. The van der Waals surface area contributed by atoms with Crippen LogP contribution in [0.3, 0.4) is 0 Å². The van der Waals surface area contributed by atoms with Crippen molar-refractivity contribution in [3.63, 3.8) is 0 Å². The summed E-state index contributed by atoms with van der Waals surface area (Å²) in [5.41, 5.74) is 10.5. The number of amides is 2. The number of nitrogens with two attached hydrogens (primary N) is 1. The topological polar surface area (TPSA) is 96.6 Å². The predicted molar refractivity (Wildman–Crippen MR) is 119 cm³/mol. The molecule has 6 nitrogen and oxygen atoms in total. The normalized spacial score (nSPS) is 16.1. The average molecular weight is 409 g/mol. The van der Waals surface area contributed by atoms with Crippen LogP contribution in [0.15, 0.2) is 64.8 Å². The van der Waals surface area contributed by atoms with E-state index in [4.69, 9.17) is 5.73 Å². The minimum atomic E-state index is -0.510. The van der Waals surface area contributed by atoms with E-state index in [0.717, 1.165) is 22.4 Å². The Morgan fingerprint density at radius 1 is 1.14 bits per heavy atom. The van der Waals surface area contributed by atoms with Gasteiger partial charge in [0, 0.05) is 11.4 Å². The van der Waals surface area contributed by atoms with Crippen LogP contribution in [-0.2, 0) is 9.59 Å². The SMILES string of the molecule is CC1=C(C(N)=O)[C@@H](c2ccccc2)N=C(SCC(=O)Nc2ccc(C)cc2C)N1. The summed E-state index contributed by atoms with van der Waals surface area (Å²) in [4.78, 5) is 29.0. The van der Waals surface area contributed by atoms with Gasteiger partial charge < -0.3 is 16.4 Å². The lowest BCUT2D eigenvalue weighted by molar-refractivity contribution is -0.115. The van der Waals surface area contributed by atoms with Crippen molar-refractivity contribution in [2.75, 3.05) is 11.1 Å². The van der Waals surface area contributed by atoms with Crippen LogP contribution in [0.25, 0.3) is 0 Å². The van der Waals surface area contributed by atoms with Gasteiger partial charge in [-0.25, -0.2) is 4.99 Å². The van der Waals surface area contributed by atoms with Crippen LogP contribution in [0.5, 0.6) is 0 Å². The second-order valence-electron chi connectivity index (χ2n) is 6.93. The van der Waals surface area contributed by atoms with Gasteiger partial charge in [0.2, 0.25) is 11.8 Å². The standard InChI is InChI=1S/C22H24N4O2S/c1-13-9-10-17(14(2)11-13)25-18(27)12-29-22-24-15(3)19(21(23)28)20(26-22)16-7-5-4-6-8-16/h4-11,20H,12H2,1-3H3,(H2,23,28)(H,24,26)(H,25,27)/t20-/m1/s1. The van der Waals surface area contributed by atoms with Crippen molar-refractivity contribution in [1.82, 2.24) is 5.32 Å². The molecule has 0 bridgehead atoms. The van der Waals surface area contributed by atoms with Crippen molar-refractivity contribution in [1.29, 1.82) is 0 Å². The third-order valence-corrected chi connectivity index (χ3v) is 5.48. The highest BCUT2D eigenvalue weighted by atomic mass is 32.2. The molecule has 3 rings (SSSR count). The summed E-state index contributed by atoms with van der Waals surface area (Å²) < 4.78 is 0. The highest BCUT2D eigenvalue weighted by Crippen LogP contribution is 2.31. The maximum absolute atomic E-state index is 12.4. The Morgan fingerprint density at radius 2 is 1.86 bits per heavy atom. The van der Waals surface area contributed by atoms with E-state index in [1.54, 1.807) is 6.92 Å². The number of rotatable bonds is 5. The van der Waals surface area contributed by atoms with Crippen molar-refractivity contribution in [3.05, 3.63) is 76.5 Å². The van der Waals surface area contributed by atoms with E-state index >= 15 is 0 Å². The third-order valence-electron chi connectivity index (χ3n) is 4.59. The second kappa shape index (κ2) is 8.96. The lowest BCUT2D eigenvalue weighted by atomic mass is 9.96. The summed E-state index contributed by atoms with van der Waals surface area (Å²) in [6.07, 6.45) is 0. The van der Waals surface area contributed by atoms with E-state index in [1.807, 2.05) is 62.4 Å². The number of carbonyl (C=O) groups is 2. The van der Waals surface area contributed by atoms with E-state index in [1.165, 1.54) is 11.8 Å². The predicted octanol–water partition coefficient (Wildman–Crippen LogP) is 3.43. The fourth-order valence-electron chi connectivity index (χ4n) is 3.19. The lowest BCUT2D eigenvalue weighted by Crippen LogP contribution is -2.33. The molecule has 1 atom stereocenters. The molecule has 1 aliphatic rings. The number of hydrogen-bond donors (Lipinski definition) is 3. The molecule has 0 unspecified atom stereocenters. The largest absolute Gasteiger partial charge is 0.366 e. The van der Waals surface area contributed by atoms with Gasteiger partial charge >= 0.3 is 0 Å². The zero-order valence-electron chi connectivity index (χ0n) is 16.7. The molecule has 2 aromatic carbocycles. The number of amidine groups is 1. The summed E-state index contributed by atoms with van der Waals surface area (Å²) in [5.74, 6) is -0.436. The third kappa shape index (κ3) is 5.06. The highest BCUT2D eigenvalue weighted by Gasteiger charge is 2.28. The number of hydrogen-bond acceptors (Lipinski definition) is 5. The Labute approximate surface area is 174 Å². The van der Waals surface area contributed by atoms with Gasteiger partial charge in [0.1, 0.15) is 6.04 Å². The number of primary amides is 1. The zero-order chi connectivity index (χ0) is 21.0. The molecular weight excluding hydrogens is 384 g/mol. The van der Waals surface area contributed by atoms with E-state index in [-0.39, 0.29) is 11.7 Å². The summed E-state index contributed by atoms with van der Waals surface area (Å²) in [6.45, 7) is 5.77. The number of nitrogens with one attached hydrogen (secondary N) is 2. The monoisotopic (exact) mass is 408 g/mol. The number of allylic oxidation sites excluding steroid dienone is 1. The van der Waals surface area contributed by atoms with Crippen molar-refractivity contribution < 1.29 is 9.59 Å². The van der Waals surface area contributed by atoms with E-state index in [9.17, 15) is 9.59 Å². The summed E-state index contributed by atoms with van der Waals surface area (Å²) in [5, 5.41) is 6.61. The molecule has 7 heteroatoms. The number of aryl methyl sites for hydroxylation is 2. The Morgan fingerprint density at radius 3 is 2.52 bits per heavy atom. The molecule has 0 aliphatic carbocycles. The average Bonchev–Trinajstić information content (AvgIpc) is 2.68. The van der Waals surface area contributed by atoms with Crippen LogP contribution >= 0.6 is 11.8 Å². The molecule has 2 amide bonds. The van der Waals surface area contributed by atoms with Gasteiger partial charge in [-0.15, -0.1) is 0 Å². The van der Waals surface area contributed by atoms with Gasteiger partial charge in [0.25, 0.3) is 0 Å². The van der Waals surface area contributed by atoms with Crippen LogP contribution < -0.4 is 16.4 Å². The molecule has 150 valence electrons. The first-order valence-corrected chi connectivity index (χ1v) is 10.2. The Kier molecular flexibility index (Phi) is 6.39. The van der Waals surface area contributed by atoms with Crippen LogP contribution in [0.4, 0.5) is 5.69 Å². The molecule has 0 fully saturated rings. The van der Waals surface area contributed by atoms with E-state index < -0.39 is 11.9 Å². The molecule has 1 aliphatic heterocycles. The molecule has 4 N–H and O–H groups in total. The molecule has 0 saturated heterocycles. The van der Waals surface area contributed by atoms with Gasteiger partial charge in [0.05, 0.1) is 11.3 Å². The molecule has 2 aromatic rings. The fourth-order valence-corrected chi connectivity index (χ4v) is 3.94. The molecule has 0 aromatic heterocycles. The molecule has 29 heavy (non-hydrogen) atoms. The molecule has 0 radical (unpaired) electrons. The second-order valence-corrected chi connectivity index (χ2v) is 7.89. The fraction of sp³-hybridized carbons (Fsp3) is 0.227. The van der Waals surface area contributed by atoms with Crippen LogP contribution in [0, 0.1) is 13.8 Å². The van der Waals surface area contributed by atoms with Gasteiger partial charge in [-0.05, 0) is 38.0 Å². The first-order valence-electron chi connectivity index (χ1n) is 9.25. The van der Waals surface area contributed by atoms with Crippen LogP contribution in [0.2, 0.25) is 0 Å². The number of nitrogens with zero attached hydrogens (tertiary/aromatic N) is 1. The zero-order valence-corrected chi connectivity index (χ0v) is 17.5. The van der Waals surface area contributed by atoms with E-state index in [2.05, 4.69) is 15.6 Å².